The molecule has 4 rings (SSSR count). The van der Waals surface area contributed by atoms with Crippen molar-refractivity contribution in [1.82, 2.24) is 15.2 Å². The number of nitrogens with zero attached hydrogens (tertiary/aromatic N) is 2. The van der Waals surface area contributed by atoms with Crippen LogP contribution in [0.15, 0.2) is 24.3 Å². The molecular weight excluding hydrogens is 324 g/mol. The first kappa shape index (κ1) is 15.5. The Bertz CT molecular complexity index is 888. The Kier molecular flexibility index (Phi) is 3.60. The molecule has 130 valence electrons. The minimum Gasteiger partial charge on any atom is -0.442 e. The molecule has 0 spiro atoms. The molecule has 1 fully saturated rings. The first-order valence-electron chi connectivity index (χ1n) is 8.17. The van der Waals surface area contributed by atoms with Gasteiger partial charge in [0.05, 0.1) is 13.1 Å². The molecule has 8 nitrogen and oxygen atoms in total. The van der Waals surface area contributed by atoms with Crippen molar-refractivity contribution in [2.45, 2.75) is 19.6 Å². The highest BCUT2D eigenvalue weighted by molar-refractivity contribution is 6.01. The summed E-state index contributed by atoms with van der Waals surface area (Å²) in [6.07, 6.45) is -0.809. The van der Waals surface area contributed by atoms with Gasteiger partial charge in [0.25, 0.3) is 5.91 Å². The van der Waals surface area contributed by atoms with Crippen LogP contribution in [-0.2, 0) is 16.1 Å². The summed E-state index contributed by atoms with van der Waals surface area (Å²) in [5.74, 6) is -0.242. The second-order valence-corrected chi connectivity index (χ2v) is 6.23. The van der Waals surface area contributed by atoms with Crippen LogP contribution in [0.2, 0.25) is 0 Å². The minimum absolute atomic E-state index is 0.0834. The van der Waals surface area contributed by atoms with Gasteiger partial charge in [0.15, 0.2) is 0 Å². The molecule has 2 aromatic rings. The standard InChI is InChI=1S/C17H18N4O4/c1-10(22)19-8-13-9-21(17(24)25-13)12-2-3-14-11(6-12)7-15-16(23)18-4-5-20(14)15/h2-3,6-7,13H,4-5,8-9H2,1H3,(H,18,23)(H,19,22). The van der Waals surface area contributed by atoms with Crippen molar-refractivity contribution in [2.24, 2.45) is 0 Å². The van der Waals surface area contributed by atoms with Gasteiger partial charge in [-0.2, -0.15) is 0 Å². The van der Waals surface area contributed by atoms with Gasteiger partial charge in [-0.3, -0.25) is 14.5 Å². The van der Waals surface area contributed by atoms with Crippen molar-refractivity contribution in [3.8, 4) is 0 Å². The number of hydrogen-bond donors (Lipinski definition) is 2. The summed E-state index contributed by atoms with van der Waals surface area (Å²) in [6.45, 7) is 3.43. The molecule has 0 aliphatic carbocycles. The Morgan fingerprint density at radius 2 is 2.20 bits per heavy atom. The number of hydrogen-bond acceptors (Lipinski definition) is 4. The molecule has 8 heteroatoms. The lowest BCUT2D eigenvalue weighted by molar-refractivity contribution is -0.119. The van der Waals surface area contributed by atoms with Crippen molar-refractivity contribution in [3.05, 3.63) is 30.0 Å². The van der Waals surface area contributed by atoms with Gasteiger partial charge in [0.1, 0.15) is 11.8 Å². The number of fused-ring (bicyclic) bond motifs is 3. The lowest BCUT2D eigenvalue weighted by atomic mass is 10.2. The molecule has 1 unspecified atom stereocenters. The maximum absolute atomic E-state index is 12.1. The van der Waals surface area contributed by atoms with E-state index in [4.69, 9.17) is 4.74 Å². The van der Waals surface area contributed by atoms with E-state index in [9.17, 15) is 14.4 Å². The van der Waals surface area contributed by atoms with E-state index < -0.39 is 6.09 Å². The molecular formula is C17H18N4O4. The average Bonchev–Trinajstić information content (AvgIpc) is 3.14. The predicted octanol–water partition coefficient (Wildman–Crippen LogP) is 0.846. The number of benzene rings is 1. The van der Waals surface area contributed by atoms with E-state index in [0.717, 1.165) is 17.4 Å². The summed E-state index contributed by atoms with van der Waals surface area (Å²) >= 11 is 0. The van der Waals surface area contributed by atoms with E-state index in [1.54, 1.807) is 4.90 Å². The van der Waals surface area contributed by atoms with Crippen LogP contribution in [0.1, 0.15) is 17.4 Å². The third-order valence-electron chi connectivity index (χ3n) is 4.50. The number of nitrogens with one attached hydrogen (secondary N) is 2. The van der Waals surface area contributed by atoms with Crippen LogP contribution >= 0.6 is 0 Å². The van der Waals surface area contributed by atoms with Gasteiger partial charge in [-0.25, -0.2) is 4.79 Å². The molecule has 2 N–H and O–H groups in total. The first-order chi connectivity index (χ1) is 12.0. The Morgan fingerprint density at radius 1 is 1.36 bits per heavy atom. The van der Waals surface area contributed by atoms with Crippen molar-refractivity contribution in [2.75, 3.05) is 24.5 Å². The molecule has 25 heavy (non-hydrogen) atoms. The summed E-state index contributed by atoms with van der Waals surface area (Å²) < 4.78 is 7.28. The molecule has 0 saturated carbocycles. The molecule has 0 bridgehead atoms. The second kappa shape index (κ2) is 5.80. The minimum atomic E-state index is -0.434. The van der Waals surface area contributed by atoms with E-state index in [-0.39, 0.29) is 17.9 Å². The maximum atomic E-state index is 12.1. The first-order valence-corrected chi connectivity index (χ1v) is 8.17. The fraction of sp³-hybridized carbons (Fsp3) is 0.353. The van der Waals surface area contributed by atoms with E-state index >= 15 is 0 Å². The summed E-state index contributed by atoms with van der Waals surface area (Å²) in [5, 5.41) is 6.39. The number of amides is 3. The monoisotopic (exact) mass is 342 g/mol. The summed E-state index contributed by atoms with van der Waals surface area (Å²) in [4.78, 5) is 36.6. The van der Waals surface area contributed by atoms with Crippen molar-refractivity contribution in [1.29, 1.82) is 0 Å². The molecule has 1 atom stereocenters. The smallest absolute Gasteiger partial charge is 0.414 e. The lowest BCUT2D eigenvalue weighted by Crippen LogP contribution is -2.34. The molecule has 3 amide bonds. The van der Waals surface area contributed by atoms with E-state index in [0.29, 0.717) is 31.0 Å². The zero-order chi connectivity index (χ0) is 17.6. The number of rotatable bonds is 3. The second-order valence-electron chi connectivity index (χ2n) is 6.23. The number of anilines is 1. The topological polar surface area (TPSA) is 92.7 Å². The normalized spacial score (nSPS) is 19.6. The van der Waals surface area contributed by atoms with Gasteiger partial charge in [-0.05, 0) is 24.3 Å². The zero-order valence-electron chi connectivity index (χ0n) is 13.7. The highest BCUT2D eigenvalue weighted by Gasteiger charge is 2.32. The van der Waals surface area contributed by atoms with E-state index in [1.807, 2.05) is 28.8 Å². The third-order valence-corrected chi connectivity index (χ3v) is 4.50. The van der Waals surface area contributed by atoms with Crippen LogP contribution < -0.4 is 15.5 Å². The quantitative estimate of drug-likeness (QED) is 0.865. The lowest BCUT2D eigenvalue weighted by Gasteiger charge is -2.17. The molecule has 1 aromatic heterocycles. The number of carbonyl (C=O) groups is 3. The van der Waals surface area contributed by atoms with Gasteiger partial charge in [-0.15, -0.1) is 0 Å². The zero-order valence-corrected chi connectivity index (χ0v) is 13.7. The van der Waals surface area contributed by atoms with Gasteiger partial charge >= 0.3 is 6.09 Å². The number of cyclic esters (lactones) is 1. The van der Waals surface area contributed by atoms with Crippen LogP contribution in [0.3, 0.4) is 0 Å². The largest absolute Gasteiger partial charge is 0.442 e. The van der Waals surface area contributed by atoms with Crippen molar-refractivity contribution < 1.29 is 19.1 Å². The van der Waals surface area contributed by atoms with Gasteiger partial charge in [-0.1, -0.05) is 0 Å². The highest BCUT2D eigenvalue weighted by Crippen LogP contribution is 2.28. The van der Waals surface area contributed by atoms with Crippen LogP contribution in [0, 0.1) is 0 Å². The molecule has 3 heterocycles. The Balaban J connectivity index is 1.61. The van der Waals surface area contributed by atoms with Gasteiger partial charge < -0.3 is 19.9 Å². The van der Waals surface area contributed by atoms with Crippen LogP contribution in [-0.4, -0.2) is 48.2 Å². The maximum Gasteiger partial charge on any atom is 0.414 e. The molecule has 1 saturated heterocycles. The predicted molar refractivity (Wildman–Crippen MR) is 90.6 cm³/mol. The van der Waals surface area contributed by atoms with Gasteiger partial charge in [0, 0.05) is 36.6 Å². The van der Waals surface area contributed by atoms with Gasteiger partial charge in [0.2, 0.25) is 5.91 Å². The molecule has 2 aliphatic rings. The number of carbonyl (C=O) groups excluding carboxylic acids is 3. The molecule has 2 aliphatic heterocycles. The van der Waals surface area contributed by atoms with E-state index in [2.05, 4.69) is 10.6 Å². The van der Waals surface area contributed by atoms with Crippen molar-refractivity contribution >= 4 is 34.5 Å². The molecule has 1 aromatic carbocycles. The van der Waals surface area contributed by atoms with Crippen LogP contribution in [0.4, 0.5) is 10.5 Å². The fourth-order valence-corrected chi connectivity index (χ4v) is 3.32. The summed E-state index contributed by atoms with van der Waals surface area (Å²) in [5.41, 5.74) is 2.31. The Morgan fingerprint density at radius 3 is 3.00 bits per heavy atom. The Hall–Kier alpha value is -3.03. The SMILES string of the molecule is CC(=O)NCC1CN(c2ccc3c(c2)cc2n3CCNC2=O)C(=O)O1. The number of ether oxygens (including phenoxy) is 1. The Labute approximate surface area is 143 Å². The average molecular weight is 342 g/mol. The third kappa shape index (κ3) is 2.69. The van der Waals surface area contributed by atoms with Crippen LogP contribution in [0.25, 0.3) is 10.9 Å². The van der Waals surface area contributed by atoms with E-state index in [1.165, 1.54) is 6.92 Å². The highest BCUT2D eigenvalue weighted by atomic mass is 16.6. The summed E-state index contributed by atoms with van der Waals surface area (Å²) in [7, 11) is 0. The van der Waals surface area contributed by atoms with Crippen molar-refractivity contribution in [3.63, 3.8) is 0 Å². The van der Waals surface area contributed by atoms with Crippen LogP contribution in [0.5, 0.6) is 0 Å². The molecule has 0 radical (unpaired) electrons. The number of aromatic nitrogens is 1. The fourth-order valence-electron chi connectivity index (χ4n) is 3.32. The summed E-state index contributed by atoms with van der Waals surface area (Å²) in [6, 6.07) is 7.49.